The van der Waals surface area contributed by atoms with Crippen molar-refractivity contribution in [1.29, 1.82) is 0 Å². The van der Waals surface area contributed by atoms with Crippen molar-refractivity contribution in [3.63, 3.8) is 0 Å². The predicted octanol–water partition coefficient (Wildman–Crippen LogP) is 4.08. The highest BCUT2D eigenvalue weighted by Crippen LogP contribution is 2.20. The molecule has 0 aromatic heterocycles. The first-order valence-corrected chi connectivity index (χ1v) is 6.06. The number of nitrogens with zero attached hydrogens (tertiary/aromatic N) is 1. The molecule has 0 fully saturated rings. The highest BCUT2D eigenvalue weighted by Gasteiger charge is 1.97. The lowest BCUT2D eigenvalue weighted by Gasteiger charge is -2.07. The molecule has 1 aromatic carbocycles. The molecule has 0 unspecified atom stereocenters. The molecule has 0 bridgehead atoms. The van der Waals surface area contributed by atoms with Gasteiger partial charge in [0, 0.05) is 11.0 Å². The number of hydrogen-bond acceptors (Lipinski definition) is 1. The molecule has 0 aliphatic carbocycles. The van der Waals surface area contributed by atoms with Crippen LogP contribution in [-0.2, 0) is 0 Å². The third-order valence-corrected chi connectivity index (χ3v) is 2.74. The summed E-state index contributed by atoms with van der Waals surface area (Å²) in [5.74, 6) is 0.968. The molecule has 0 aliphatic heterocycles. The van der Waals surface area contributed by atoms with Gasteiger partial charge in [0.2, 0.25) is 0 Å². The molecule has 0 atom stereocenters. The first kappa shape index (κ1) is 12.2. The Bertz CT molecular complexity index is 334. The van der Waals surface area contributed by atoms with E-state index in [0.717, 1.165) is 29.0 Å². The molecule has 1 N–H and O–H groups in total. The largest absolute Gasteiger partial charge is 0.343 e. The van der Waals surface area contributed by atoms with Gasteiger partial charge in [-0.3, -0.25) is 4.99 Å². The number of nitrogens with one attached hydrogen (secondary N) is 1. The van der Waals surface area contributed by atoms with Crippen LogP contribution in [0.25, 0.3) is 0 Å². The number of halogens is 1. The van der Waals surface area contributed by atoms with Gasteiger partial charge in [-0.1, -0.05) is 25.5 Å². The Labute approximate surface area is 99.9 Å². The molecule has 82 valence electrons. The van der Waals surface area contributed by atoms with Gasteiger partial charge in [-0.15, -0.1) is 0 Å². The van der Waals surface area contributed by atoms with Gasteiger partial charge >= 0.3 is 0 Å². The molecule has 2 nitrogen and oxygen atoms in total. The summed E-state index contributed by atoms with van der Waals surface area (Å²) in [7, 11) is 0. The van der Waals surface area contributed by atoms with Crippen LogP contribution in [0.1, 0.15) is 26.7 Å². The maximum absolute atomic E-state index is 4.43. The Morgan fingerprint density at radius 3 is 2.80 bits per heavy atom. The van der Waals surface area contributed by atoms with Crippen molar-refractivity contribution in [2.45, 2.75) is 26.7 Å². The molecule has 0 heterocycles. The summed E-state index contributed by atoms with van der Waals surface area (Å²) in [4.78, 5) is 4.43. The van der Waals surface area contributed by atoms with Crippen molar-refractivity contribution in [2.24, 2.45) is 4.99 Å². The minimum Gasteiger partial charge on any atom is -0.343 e. The summed E-state index contributed by atoms with van der Waals surface area (Å²) in [6.45, 7) is 5.07. The summed E-state index contributed by atoms with van der Waals surface area (Å²) >= 11 is 3.49. The van der Waals surface area contributed by atoms with Crippen molar-refractivity contribution in [3.05, 3.63) is 28.7 Å². The maximum Gasteiger partial charge on any atom is 0.0975 e. The monoisotopic (exact) mass is 268 g/mol. The van der Waals surface area contributed by atoms with Gasteiger partial charge < -0.3 is 5.32 Å². The third-order valence-electron chi connectivity index (χ3n) is 2.05. The first-order valence-electron chi connectivity index (χ1n) is 5.26. The molecule has 0 spiro atoms. The average molecular weight is 269 g/mol. The zero-order valence-electron chi connectivity index (χ0n) is 9.26. The second kappa shape index (κ2) is 6.62. The van der Waals surface area contributed by atoms with E-state index in [-0.39, 0.29) is 0 Å². The Morgan fingerprint density at radius 1 is 1.40 bits per heavy atom. The molecule has 3 heteroatoms. The van der Waals surface area contributed by atoms with E-state index < -0.39 is 0 Å². The summed E-state index contributed by atoms with van der Waals surface area (Å²) in [5.41, 5.74) is 1.07. The van der Waals surface area contributed by atoms with Crippen LogP contribution in [0, 0.1) is 0 Å². The average Bonchev–Trinajstić information content (AvgIpc) is 2.22. The summed E-state index contributed by atoms with van der Waals surface area (Å²) in [6, 6.07) is 8.05. The number of anilines is 1. The van der Waals surface area contributed by atoms with E-state index >= 15 is 0 Å². The normalized spacial score (nSPS) is 11.5. The highest BCUT2D eigenvalue weighted by molar-refractivity contribution is 9.10. The van der Waals surface area contributed by atoms with Crippen molar-refractivity contribution in [2.75, 3.05) is 11.9 Å². The molecule has 0 radical (unpaired) electrons. The molecule has 1 rings (SSSR count). The van der Waals surface area contributed by atoms with Gasteiger partial charge in [0.15, 0.2) is 0 Å². The molecular weight excluding hydrogens is 252 g/mol. The van der Waals surface area contributed by atoms with Crippen LogP contribution in [0.3, 0.4) is 0 Å². The highest BCUT2D eigenvalue weighted by atomic mass is 79.9. The Hall–Kier alpha value is -0.830. The number of aliphatic imine (C=N–C) groups is 1. The van der Waals surface area contributed by atoms with E-state index in [1.54, 1.807) is 0 Å². The zero-order valence-corrected chi connectivity index (χ0v) is 10.8. The van der Waals surface area contributed by atoms with E-state index in [1.165, 1.54) is 6.42 Å². The van der Waals surface area contributed by atoms with Crippen molar-refractivity contribution in [3.8, 4) is 0 Å². The maximum atomic E-state index is 4.43. The number of benzene rings is 1. The Kier molecular flexibility index (Phi) is 5.40. The fraction of sp³-hybridized carbons (Fsp3) is 0.417. The van der Waals surface area contributed by atoms with Crippen LogP contribution < -0.4 is 5.32 Å². The van der Waals surface area contributed by atoms with Gasteiger partial charge in [-0.05, 0) is 41.4 Å². The van der Waals surface area contributed by atoms with Crippen LogP contribution in [0.5, 0.6) is 0 Å². The van der Waals surface area contributed by atoms with Crippen LogP contribution in [0.2, 0.25) is 0 Å². The number of para-hydroxylation sites is 1. The predicted molar refractivity (Wildman–Crippen MR) is 70.6 cm³/mol. The van der Waals surface area contributed by atoms with Crippen molar-refractivity contribution < 1.29 is 0 Å². The summed E-state index contributed by atoms with van der Waals surface area (Å²) < 4.78 is 1.06. The molecule has 0 aliphatic rings. The smallest absolute Gasteiger partial charge is 0.0975 e. The standard InChI is InChI=1S/C12H17BrN2/c1-3-4-9-14-10(2)15-12-8-6-5-7-11(12)13/h5-8H,3-4,9H2,1-2H3,(H,14,15). The molecule has 0 saturated carbocycles. The topological polar surface area (TPSA) is 24.4 Å². The third kappa shape index (κ3) is 4.47. The lowest BCUT2D eigenvalue weighted by atomic mass is 10.3. The number of unbranched alkanes of at least 4 members (excludes halogenated alkanes) is 1. The minimum absolute atomic E-state index is 0.903. The van der Waals surface area contributed by atoms with Crippen LogP contribution in [-0.4, -0.2) is 12.4 Å². The van der Waals surface area contributed by atoms with Crippen LogP contribution >= 0.6 is 15.9 Å². The van der Waals surface area contributed by atoms with Crippen LogP contribution in [0.4, 0.5) is 5.69 Å². The lowest BCUT2D eigenvalue weighted by molar-refractivity contribution is 0.807. The second-order valence-corrected chi connectivity index (χ2v) is 4.28. The fourth-order valence-corrected chi connectivity index (χ4v) is 1.59. The van der Waals surface area contributed by atoms with E-state index in [0.29, 0.717) is 0 Å². The van der Waals surface area contributed by atoms with Gasteiger partial charge in [0.05, 0.1) is 11.5 Å². The Balaban J connectivity index is 2.54. The van der Waals surface area contributed by atoms with Crippen molar-refractivity contribution >= 4 is 27.5 Å². The van der Waals surface area contributed by atoms with Gasteiger partial charge in [-0.25, -0.2) is 0 Å². The summed E-state index contributed by atoms with van der Waals surface area (Å²) in [6.07, 6.45) is 2.33. The fourth-order valence-electron chi connectivity index (χ4n) is 1.20. The van der Waals surface area contributed by atoms with Crippen molar-refractivity contribution in [1.82, 2.24) is 0 Å². The summed E-state index contributed by atoms with van der Waals surface area (Å²) in [5, 5.41) is 3.27. The van der Waals surface area contributed by atoms with E-state index in [4.69, 9.17) is 0 Å². The number of amidine groups is 1. The molecule has 1 aromatic rings. The number of hydrogen-bond donors (Lipinski definition) is 1. The number of rotatable bonds is 4. The van der Waals surface area contributed by atoms with Crippen LogP contribution in [0.15, 0.2) is 33.7 Å². The lowest BCUT2D eigenvalue weighted by Crippen LogP contribution is -2.08. The van der Waals surface area contributed by atoms with E-state index in [1.807, 2.05) is 31.2 Å². The van der Waals surface area contributed by atoms with E-state index in [9.17, 15) is 0 Å². The quantitative estimate of drug-likeness (QED) is 0.497. The van der Waals surface area contributed by atoms with Gasteiger partial charge in [0.25, 0.3) is 0 Å². The molecule has 15 heavy (non-hydrogen) atoms. The minimum atomic E-state index is 0.903. The molecule has 0 saturated heterocycles. The SMILES string of the molecule is CCCCN=C(C)Nc1ccccc1Br. The first-order chi connectivity index (χ1) is 7.24. The molecule has 0 amide bonds. The zero-order chi connectivity index (χ0) is 11.1. The second-order valence-electron chi connectivity index (χ2n) is 3.43. The van der Waals surface area contributed by atoms with Gasteiger partial charge in [0.1, 0.15) is 0 Å². The molecular formula is C12H17BrN2. The Morgan fingerprint density at radius 2 is 2.13 bits per heavy atom. The van der Waals surface area contributed by atoms with Gasteiger partial charge in [-0.2, -0.15) is 0 Å². The van der Waals surface area contributed by atoms with E-state index in [2.05, 4.69) is 33.2 Å².